The third-order valence-electron chi connectivity index (χ3n) is 3.33. The molecule has 1 aromatic carbocycles. The maximum atomic E-state index is 11.9. The monoisotopic (exact) mass is 340 g/mol. The summed E-state index contributed by atoms with van der Waals surface area (Å²) in [6.45, 7) is 8.08. The van der Waals surface area contributed by atoms with Crippen molar-refractivity contribution in [2.24, 2.45) is 0 Å². The molecule has 1 N–H and O–H groups in total. The zero-order valence-corrected chi connectivity index (χ0v) is 14.0. The van der Waals surface area contributed by atoms with E-state index in [1.807, 2.05) is 39.8 Å². The van der Waals surface area contributed by atoms with Gasteiger partial charge in [-0.15, -0.1) is 0 Å². The molecule has 0 aliphatic rings. The van der Waals surface area contributed by atoms with E-state index >= 15 is 0 Å². The van der Waals surface area contributed by atoms with Gasteiger partial charge in [0.05, 0.1) is 11.8 Å². The Bertz CT molecular complexity index is 489. The number of carbonyl (C=O) groups is 2. The first-order valence-corrected chi connectivity index (χ1v) is 7.87. The van der Waals surface area contributed by atoms with Gasteiger partial charge in [0.1, 0.15) is 0 Å². The van der Waals surface area contributed by atoms with Gasteiger partial charge in [0.15, 0.2) is 5.78 Å². The van der Waals surface area contributed by atoms with Crippen molar-refractivity contribution in [1.29, 1.82) is 0 Å². The van der Waals surface area contributed by atoms with Crippen molar-refractivity contribution in [2.75, 3.05) is 5.33 Å². The average Bonchev–Trinajstić information content (AvgIpc) is 2.36. The van der Waals surface area contributed by atoms with Crippen LogP contribution in [0, 0.1) is 0 Å². The Kier molecular flexibility index (Phi) is 5.93. The van der Waals surface area contributed by atoms with Gasteiger partial charge >= 0.3 is 5.97 Å². The number of ketones is 1. The molecule has 0 saturated carbocycles. The quantitative estimate of drug-likeness (QED) is 0.625. The number of carboxylic acid groups (broad SMARTS) is 1. The van der Waals surface area contributed by atoms with Gasteiger partial charge in [-0.05, 0) is 40.7 Å². The van der Waals surface area contributed by atoms with Crippen molar-refractivity contribution >= 4 is 27.7 Å². The van der Waals surface area contributed by atoms with E-state index < -0.39 is 5.97 Å². The average molecular weight is 341 g/mol. The Morgan fingerprint density at radius 3 is 1.85 bits per heavy atom. The Hall–Kier alpha value is -1.16. The number of alkyl halides is 1. The topological polar surface area (TPSA) is 54.4 Å². The van der Waals surface area contributed by atoms with Crippen LogP contribution < -0.4 is 0 Å². The van der Waals surface area contributed by atoms with Crippen LogP contribution in [-0.2, 0) is 11.2 Å². The summed E-state index contributed by atoms with van der Waals surface area (Å²) >= 11 is 3.19. The van der Waals surface area contributed by atoms with Gasteiger partial charge in [-0.3, -0.25) is 9.59 Å². The molecule has 0 amide bonds. The molecule has 0 aliphatic heterocycles. The van der Waals surface area contributed by atoms with Crippen LogP contribution in [0.15, 0.2) is 12.1 Å². The molecular formula is C16H21BrO3. The number of carboxylic acids is 1. The molecule has 1 aromatic rings. The Labute approximate surface area is 128 Å². The molecule has 0 saturated heterocycles. The molecule has 0 atom stereocenters. The molecule has 0 unspecified atom stereocenters. The number of halogens is 1. The fourth-order valence-electron chi connectivity index (χ4n) is 2.34. The first-order chi connectivity index (χ1) is 9.27. The molecule has 0 heterocycles. The highest BCUT2D eigenvalue weighted by molar-refractivity contribution is 9.09. The predicted octanol–water partition coefficient (Wildman–Crippen LogP) is 4.14. The van der Waals surface area contributed by atoms with Gasteiger partial charge in [-0.2, -0.15) is 0 Å². The Morgan fingerprint density at radius 2 is 1.55 bits per heavy atom. The molecule has 110 valence electrons. The van der Waals surface area contributed by atoms with E-state index in [1.54, 1.807) is 0 Å². The highest BCUT2D eigenvalue weighted by Crippen LogP contribution is 2.30. The molecule has 0 aliphatic carbocycles. The van der Waals surface area contributed by atoms with E-state index in [0.717, 1.165) is 16.7 Å². The maximum Gasteiger partial charge on any atom is 0.307 e. The molecule has 0 bridgehead atoms. The van der Waals surface area contributed by atoms with Crippen LogP contribution in [0.1, 0.15) is 66.6 Å². The molecule has 3 nitrogen and oxygen atoms in total. The zero-order chi connectivity index (χ0) is 15.4. The molecular weight excluding hydrogens is 320 g/mol. The zero-order valence-electron chi connectivity index (χ0n) is 12.4. The molecule has 0 aromatic heterocycles. The molecule has 4 heteroatoms. The van der Waals surface area contributed by atoms with Crippen molar-refractivity contribution in [2.45, 2.75) is 46.0 Å². The van der Waals surface area contributed by atoms with E-state index in [1.165, 1.54) is 0 Å². The fourth-order valence-corrected chi connectivity index (χ4v) is 2.67. The lowest BCUT2D eigenvalue weighted by Crippen LogP contribution is -2.12. The number of hydrogen-bond donors (Lipinski definition) is 1. The number of rotatable bonds is 6. The smallest absolute Gasteiger partial charge is 0.307 e. The van der Waals surface area contributed by atoms with Crippen LogP contribution in [0.3, 0.4) is 0 Å². The predicted molar refractivity (Wildman–Crippen MR) is 84.1 cm³/mol. The maximum absolute atomic E-state index is 11.9. The van der Waals surface area contributed by atoms with Crippen molar-refractivity contribution in [1.82, 2.24) is 0 Å². The first-order valence-electron chi connectivity index (χ1n) is 6.75. The van der Waals surface area contributed by atoms with Crippen molar-refractivity contribution in [3.63, 3.8) is 0 Å². The summed E-state index contributed by atoms with van der Waals surface area (Å²) in [5.41, 5.74) is 3.43. The summed E-state index contributed by atoms with van der Waals surface area (Å²) in [6.07, 6.45) is 0.00378. The number of Topliss-reactive ketones (excluding diaryl/α,β-unsaturated/α-hetero) is 1. The van der Waals surface area contributed by atoms with E-state index in [2.05, 4.69) is 15.9 Å². The summed E-state index contributed by atoms with van der Waals surface area (Å²) in [5.74, 6) is -0.445. The standard InChI is InChI=1S/C16H21BrO3/c1-9(2)12-5-11(15(18)8-17)6-13(10(3)4)14(12)7-16(19)20/h5-6,9-10H,7-8H2,1-4H3,(H,19,20). The lowest BCUT2D eigenvalue weighted by Gasteiger charge is -2.20. The Morgan fingerprint density at radius 1 is 1.10 bits per heavy atom. The lowest BCUT2D eigenvalue weighted by molar-refractivity contribution is -0.136. The second kappa shape index (κ2) is 7.02. The summed E-state index contributed by atoms with van der Waals surface area (Å²) in [5, 5.41) is 9.41. The van der Waals surface area contributed by atoms with Gasteiger partial charge in [-0.1, -0.05) is 43.6 Å². The second-order valence-corrected chi connectivity index (χ2v) is 6.13. The number of carbonyl (C=O) groups excluding carboxylic acids is 1. The van der Waals surface area contributed by atoms with Gasteiger partial charge in [0.2, 0.25) is 0 Å². The largest absolute Gasteiger partial charge is 0.481 e. The number of hydrogen-bond acceptors (Lipinski definition) is 2. The van der Waals surface area contributed by atoms with Gasteiger partial charge in [-0.25, -0.2) is 0 Å². The highest BCUT2D eigenvalue weighted by Gasteiger charge is 2.19. The molecule has 0 fully saturated rings. The van der Waals surface area contributed by atoms with E-state index in [9.17, 15) is 9.59 Å². The van der Waals surface area contributed by atoms with Crippen molar-refractivity contribution < 1.29 is 14.7 Å². The van der Waals surface area contributed by atoms with Crippen LogP contribution in [0.4, 0.5) is 0 Å². The third-order valence-corrected chi connectivity index (χ3v) is 3.84. The summed E-state index contributed by atoms with van der Waals surface area (Å²) < 4.78 is 0. The second-order valence-electron chi connectivity index (χ2n) is 5.57. The first kappa shape index (κ1) is 16.9. The molecule has 0 spiro atoms. The normalized spacial score (nSPS) is 11.2. The number of benzene rings is 1. The minimum atomic E-state index is -0.839. The number of aliphatic carboxylic acids is 1. The summed E-state index contributed by atoms with van der Waals surface area (Å²) in [6, 6.07) is 3.69. The van der Waals surface area contributed by atoms with Gasteiger partial charge in [0.25, 0.3) is 0 Å². The molecule has 1 rings (SSSR count). The molecule has 0 radical (unpaired) electrons. The lowest BCUT2D eigenvalue weighted by atomic mass is 9.84. The van der Waals surface area contributed by atoms with Crippen LogP contribution >= 0.6 is 15.9 Å². The minimum absolute atomic E-state index is 0.00378. The minimum Gasteiger partial charge on any atom is -0.481 e. The summed E-state index contributed by atoms with van der Waals surface area (Å²) in [4.78, 5) is 23.1. The van der Waals surface area contributed by atoms with Crippen molar-refractivity contribution in [3.8, 4) is 0 Å². The van der Waals surface area contributed by atoms with Crippen LogP contribution in [-0.4, -0.2) is 22.2 Å². The highest BCUT2D eigenvalue weighted by atomic mass is 79.9. The Balaban J connectivity index is 3.54. The van der Waals surface area contributed by atoms with Gasteiger partial charge in [0, 0.05) is 5.56 Å². The molecule has 20 heavy (non-hydrogen) atoms. The van der Waals surface area contributed by atoms with Crippen LogP contribution in [0.25, 0.3) is 0 Å². The van der Waals surface area contributed by atoms with E-state index in [4.69, 9.17) is 5.11 Å². The summed E-state index contributed by atoms with van der Waals surface area (Å²) in [7, 11) is 0. The SMILES string of the molecule is CC(C)c1cc(C(=O)CBr)cc(C(C)C)c1CC(=O)O. The van der Waals surface area contributed by atoms with E-state index in [0.29, 0.717) is 5.56 Å². The fraction of sp³-hybridized carbons (Fsp3) is 0.500. The van der Waals surface area contributed by atoms with E-state index in [-0.39, 0.29) is 29.4 Å². The third kappa shape index (κ3) is 3.92. The van der Waals surface area contributed by atoms with Crippen LogP contribution in [0.2, 0.25) is 0 Å². The van der Waals surface area contributed by atoms with Gasteiger partial charge < -0.3 is 5.11 Å². The van der Waals surface area contributed by atoms with Crippen LogP contribution in [0.5, 0.6) is 0 Å². The van der Waals surface area contributed by atoms with Crippen molar-refractivity contribution in [3.05, 3.63) is 34.4 Å².